The van der Waals surface area contributed by atoms with Crippen molar-refractivity contribution in [2.75, 3.05) is 39.1 Å². The molecule has 2 N–H and O–H groups in total. The van der Waals surface area contributed by atoms with E-state index in [0.29, 0.717) is 35.3 Å². The molecule has 0 radical (unpaired) electrons. The van der Waals surface area contributed by atoms with E-state index in [4.69, 9.17) is 19.7 Å². The highest BCUT2D eigenvalue weighted by Crippen LogP contribution is 2.28. The van der Waals surface area contributed by atoms with Gasteiger partial charge in [0.1, 0.15) is 0 Å². The van der Waals surface area contributed by atoms with Gasteiger partial charge in [0, 0.05) is 19.6 Å². The second-order valence-electron chi connectivity index (χ2n) is 7.56. The second kappa shape index (κ2) is 9.30. The molecule has 1 aliphatic rings. The maximum Gasteiger partial charge on any atom is 0.282 e. The topological polar surface area (TPSA) is 143 Å². The maximum atomic E-state index is 6.29. The van der Waals surface area contributed by atoms with Crippen LogP contribution in [0.4, 0.5) is 5.82 Å². The average Bonchev–Trinajstić information content (AvgIpc) is 3.48. The van der Waals surface area contributed by atoms with Crippen LogP contribution in [0.3, 0.4) is 0 Å². The number of nitrogen functional groups attached to an aromatic ring is 1. The largest absolute Gasteiger partial charge is 0.479 e. The first-order valence-electron chi connectivity index (χ1n) is 10.5. The highest BCUT2D eigenvalue weighted by molar-refractivity contribution is 5.66. The van der Waals surface area contributed by atoms with Gasteiger partial charge >= 0.3 is 0 Å². The summed E-state index contributed by atoms with van der Waals surface area (Å²) in [5, 5.41) is 20.0. The van der Waals surface area contributed by atoms with Crippen LogP contribution in [-0.4, -0.2) is 73.6 Å². The molecular weight excluding hydrogens is 426 g/mol. The van der Waals surface area contributed by atoms with Crippen molar-refractivity contribution in [3.8, 4) is 28.9 Å². The third kappa shape index (κ3) is 4.52. The van der Waals surface area contributed by atoms with E-state index in [9.17, 15) is 0 Å². The van der Waals surface area contributed by atoms with Crippen molar-refractivity contribution in [3.05, 3.63) is 47.7 Å². The normalized spacial score (nSPS) is 14.5. The molecule has 4 heterocycles. The first-order valence-corrected chi connectivity index (χ1v) is 10.5. The van der Waals surface area contributed by atoms with Gasteiger partial charge in [-0.2, -0.15) is 10.1 Å². The molecule has 12 nitrogen and oxygen atoms in total. The van der Waals surface area contributed by atoms with Crippen molar-refractivity contribution in [1.29, 1.82) is 0 Å². The van der Waals surface area contributed by atoms with Gasteiger partial charge in [0.2, 0.25) is 11.7 Å². The van der Waals surface area contributed by atoms with Crippen LogP contribution in [0.2, 0.25) is 0 Å². The molecule has 3 aromatic heterocycles. The minimum Gasteiger partial charge on any atom is -0.479 e. The number of methoxy groups -OCH3 is 1. The number of aromatic nitrogens is 7. The Labute approximate surface area is 189 Å². The first-order chi connectivity index (χ1) is 16.2. The molecule has 4 aromatic rings. The number of ether oxygens (including phenoxy) is 2. The molecule has 5 rings (SSSR count). The lowest BCUT2D eigenvalue weighted by Gasteiger charge is -2.26. The van der Waals surface area contributed by atoms with Crippen LogP contribution in [0, 0.1) is 0 Å². The van der Waals surface area contributed by atoms with Gasteiger partial charge < -0.3 is 19.7 Å². The van der Waals surface area contributed by atoms with Gasteiger partial charge in [-0.05, 0) is 17.2 Å². The summed E-state index contributed by atoms with van der Waals surface area (Å²) in [4.78, 5) is 6.76. The van der Waals surface area contributed by atoms with Crippen molar-refractivity contribution >= 4 is 5.82 Å². The Morgan fingerprint density at radius 3 is 2.55 bits per heavy atom. The van der Waals surface area contributed by atoms with E-state index in [1.165, 1.54) is 18.9 Å². The zero-order valence-corrected chi connectivity index (χ0v) is 18.1. The summed E-state index contributed by atoms with van der Waals surface area (Å²) in [5.41, 5.74) is 9.47. The van der Waals surface area contributed by atoms with E-state index in [1.54, 1.807) is 10.7 Å². The summed E-state index contributed by atoms with van der Waals surface area (Å²) >= 11 is 0. The van der Waals surface area contributed by atoms with Crippen LogP contribution in [-0.2, 0) is 17.8 Å². The lowest BCUT2D eigenvalue weighted by molar-refractivity contribution is 0.0342. The van der Waals surface area contributed by atoms with Gasteiger partial charge in [-0.1, -0.05) is 34.6 Å². The summed E-state index contributed by atoms with van der Waals surface area (Å²) in [7, 11) is 1.49. The lowest BCUT2D eigenvalue weighted by atomic mass is 10.1. The van der Waals surface area contributed by atoms with Crippen molar-refractivity contribution in [2.24, 2.45) is 0 Å². The van der Waals surface area contributed by atoms with E-state index in [0.717, 1.165) is 38.4 Å². The van der Waals surface area contributed by atoms with Gasteiger partial charge in [-0.15, -0.1) is 10.2 Å². The van der Waals surface area contributed by atoms with Gasteiger partial charge in [-0.3, -0.25) is 4.90 Å². The fourth-order valence-corrected chi connectivity index (χ4v) is 3.60. The quantitative estimate of drug-likeness (QED) is 0.435. The van der Waals surface area contributed by atoms with Crippen molar-refractivity contribution in [1.82, 2.24) is 40.2 Å². The number of nitrogens with zero attached hydrogens (tertiary/aromatic N) is 8. The minimum absolute atomic E-state index is 0.161. The lowest BCUT2D eigenvalue weighted by Crippen LogP contribution is -2.35. The second-order valence-corrected chi connectivity index (χ2v) is 7.56. The van der Waals surface area contributed by atoms with Crippen LogP contribution in [0.15, 0.2) is 41.1 Å². The van der Waals surface area contributed by atoms with Crippen LogP contribution in [0.1, 0.15) is 11.1 Å². The Morgan fingerprint density at radius 1 is 1.03 bits per heavy atom. The Morgan fingerprint density at radius 2 is 1.79 bits per heavy atom. The van der Waals surface area contributed by atoms with Gasteiger partial charge in [0.15, 0.2) is 11.5 Å². The molecule has 0 aliphatic carbocycles. The summed E-state index contributed by atoms with van der Waals surface area (Å²) in [6, 6.07) is 10.1. The average molecular weight is 449 g/mol. The number of morpholine rings is 1. The number of benzene rings is 1. The zero-order chi connectivity index (χ0) is 22.6. The van der Waals surface area contributed by atoms with Crippen LogP contribution in [0.25, 0.3) is 23.0 Å². The van der Waals surface area contributed by atoms with E-state index in [1.807, 2.05) is 0 Å². The Hall–Kier alpha value is -3.90. The molecule has 0 spiro atoms. The number of nitrogens with two attached hydrogens (primary N) is 1. The summed E-state index contributed by atoms with van der Waals surface area (Å²) < 4.78 is 17.6. The number of anilines is 1. The molecule has 33 heavy (non-hydrogen) atoms. The summed E-state index contributed by atoms with van der Waals surface area (Å²) in [6.07, 6.45) is 1.52. The molecule has 0 atom stereocenters. The van der Waals surface area contributed by atoms with Crippen LogP contribution >= 0.6 is 0 Å². The van der Waals surface area contributed by atoms with E-state index in [2.05, 4.69) is 59.8 Å². The van der Waals surface area contributed by atoms with Gasteiger partial charge in [-0.25, -0.2) is 4.68 Å². The third-order valence-corrected chi connectivity index (χ3v) is 5.39. The Balaban J connectivity index is 1.29. The SMILES string of the molecule is COc1nnccc1-c1noc(-c2nnn(Cc3ccc(CN4CCOCC4)cc3)c2N)n1. The van der Waals surface area contributed by atoms with Crippen molar-refractivity contribution in [2.45, 2.75) is 13.1 Å². The molecule has 170 valence electrons. The van der Waals surface area contributed by atoms with Crippen molar-refractivity contribution < 1.29 is 14.0 Å². The Kier molecular flexibility index (Phi) is 5.91. The maximum absolute atomic E-state index is 6.29. The third-order valence-electron chi connectivity index (χ3n) is 5.39. The molecule has 0 saturated carbocycles. The Bertz CT molecular complexity index is 1220. The molecule has 0 unspecified atom stereocenters. The molecular formula is C21H23N9O3. The first kappa shape index (κ1) is 21.0. The van der Waals surface area contributed by atoms with E-state index < -0.39 is 0 Å². The highest BCUT2D eigenvalue weighted by Gasteiger charge is 2.21. The smallest absolute Gasteiger partial charge is 0.282 e. The van der Waals surface area contributed by atoms with Gasteiger partial charge in [0.05, 0.1) is 38.6 Å². The summed E-state index contributed by atoms with van der Waals surface area (Å²) in [5.74, 6) is 1.08. The molecule has 0 bridgehead atoms. The van der Waals surface area contributed by atoms with Gasteiger partial charge in [0.25, 0.3) is 5.89 Å². The van der Waals surface area contributed by atoms with E-state index >= 15 is 0 Å². The molecule has 1 saturated heterocycles. The van der Waals surface area contributed by atoms with Crippen LogP contribution in [0.5, 0.6) is 5.88 Å². The number of hydrogen-bond donors (Lipinski definition) is 1. The molecule has 1 aromatic carbocycles. The number of rotatable bonds is 7. The fraction of sp³-hybridized carbons (Fsp3) is 0.333. The zero-order valence-electron chi connectivity index (χ0n) is 18.1. The molecule has 1 fully saturated rings. The monoisotopic (exact) mass is 449 g/mol. The standard InChI is InChI=1S/C21H23N9O3/c1-31-20-16(6-7-23-26-20)19-24-21(33-27-19)17-18(22)30(28-25-17)13-15-4-2-14(3-5-15)12-29-8-10-32-11-9-29/h2-7H,8-13,22H2,1H3. The molecule has 12 heteroatoms. The van der Waals surface area contributed by atoms with E-state index in [-0.39, 0.29) is 5.89 Å². The predicted molar refractivity (Wildman–Crippen MR) is 117 cm³/mol. The number of hydrogen-bond acceptors (Lipinski definition) is 11. The van der Waals surface area contributed by atoms with Crippen LogP contribution < -0.4 is 10.5 Å². The molecule has 1 aliphatic heterocycles. The molecule has 0 amide bonds. The minimum atomic E-state index is 0.161. The fourth-order valence-electron chi connectivity index (χ4n) is 3.60. The highest BCUT2D eigenvalue weighted by atomic mass is 16.5. The van der Waals surface area contributed by atoms with Crippen molar-refractivity contribution in [3.63, 3.8) is 0 Å². The summed E-state index contributed by atoms with van der Waals surface area (Å²) in [6.45, 7) is 4.89. The predicted octanol–water partition coefficient (Wildman–Crippen LogP) is 1.26.